The van der Waals surface area contributed by atoms with E-state index in [1.165, 1.54) is 6.42 Å². The highest BCUT2D eigenvalue weighted by Gasteiger charge is 2.30. The molecule has 4 heteroatoms. The van der Waals surface area contributed by atoms with E-state index in [1.54, 1.807) is 0 Å². The van der Waals surface area contributed by atoms with Crippen LogP contribution in [0.15, 0.2) is 18.2 Å². The largest absolute Gasteiger partial charge is 0.325 e. The van der Waals surface area contributed by atoms with Crippen molar-refractivity contribution in [1.82, 2.24) is 0 Å². The third-order valence-corrected chi connectivity index (χ3v) is 4.07. The minimum Gasteiger partial charge on any atom is -0.325 e. The summed E-state index contributed by atoms with van der Waals surface area (Å²) in [5.74, 6) is -0.0462. The Kier molecular flexibility index (Phi) is 4.48. The molecule has 0 heterocycles. The Hall–Kier alpha value is -1.06. The summed E-state index contributed by atoms with van der Waals surface area (Å²) < 4.78 is 0. The van der Waals surface area contributed by atoms with Gasteiger partial charge in [-0.2, -0.15) is 0 Å². The molecule has 104 valence electrons. The van der Waals surface area contributed by atoms with Crippen molar-refractivity contribution in [2.45, 2.75) is 51.0 Å². The second kappa shape index (κ2) is 5.93. The van der Waals surface area contributed by atoms with Gasteiger partial charge in [0.1, 0.15) is 0 Å². The third-order valence-electron chi connectivity index (χ3n) is 3.76. The van der Waals surface area contributed by atoms with Crippen LogP contribution in [0.4, 0.5) is 5.69 Å². The zero-order valence-corrected chi connectivity index (χ0v) is 12.1. The van der Waals surface area contributed by atoms with Gasteiger partial charge in [-0.25, -0.2) is 0 Å². The van der Waals surface area contributed by atoms with E-state index in [9.17, 15) is 4.79 Å². The maximum Gasteiger partial charge on any atom is 0.226 e. The summed E-state index contributed by atoms with van der Waals surface area (Å²) in [4.78, 5) is 12.1. The molecule has 3 nitrogen and oxygen atoms in total. The number of nitrogens with two attached hydrogens (primary N) is 1. The Labute approximate surface area is 119 Å². The minimum absolute atomic E-state index is 0.0462. The van der Waals surface area contributed by atoms with Crippen LogP contribution in [0.5, 0.6) is 0 Å². The van der Waals surface area contributed by atoms with E-state index in [0.29, 0.717) is 17.1 Å². The SMILES string of the molecule is Cc1ccc(NC(=O)CC2(N)CCCCC2)c(Cl)c1. The minimum atomic E-state index is -0.334. The summed E-state index contributed by atoms with van der Waals surface area (Å²) in [7, 11) is 0. The average Bonchev–Trinajstić information content (AvgIpc) is 2.33. The van der Waals surface area contributed by atoms with Crippen molar-refractivity contribution in [2.75, 3.05) is 5.32 Å². The van der Waals surface area contributed by atoms with E-state index >= 15 is 0 Å². The lowest BCUT2D eigenvalue weighted by Crippen LogP contribution is -2.44. The zero-order chi connectivity index (χ0) is 13.9. The van der Waals surface area contributed by atoms with Gasteiger partial charge < -0.3 is 11.1 Å². The molecule has 0 atom stereocenters. The fourth-order valence-electron chi connectivity index (χ4n) is 2.67. The molecule has 1 amide bonds. The number of benzene rings is 1. The van der Waals surface area contributed by atoms with Crippen molar-refractivity contribution in [2.24, 2.45) is 5.73 Å². The maximum absolute atomic E-state index is 12.1. The molecule has 2 rings (SSSR count). The molecule has 0 aromatic heterocycles. The van der Waals surface area contributed by atoms with E-state index in [1.807, 2.05) is 25.1 Å². The number of halogens is 1. The summed E-state index contributed by atoms with van der Waals surface area (Å²) in [6, 6.07) is 5.61. The Balaban J connectivity index is 1.97. The molecule has 1 aromatic carbocycles. The van der Waals surface area contributed by atoms with Gasteiger partial charge >= 0.3 is 0 Å². The van der Waals surface area contributed by atoms with Crippen LogP contribution in [0.3, 0.4) is 0 Å². The van der Waals surface area contributed by atoms with E-state index in [-0.39, 0.29) is 11.4 Å². The number of nitrogens with one attached hydrogen (secondary N) is 1. The number of hydrogen-bond acceptors (Lipinski definition) is 2. The molecule has 0 radical (unpaired) electrons. The molecular formula is C15H21ClN2O. The molecule has 1 aliphatic carbocycles. The van der Waals surface area contributed by atoms with Crippen LogP contribution >= 0.6 is 11.6 Å². The molecule has 1 saturated carbocycles. The molecule has 0 spiro atoms. The molecule has 3 N–H and O–H groups in total. The smallest absolute Gasteiger partial charge is 0.226 e. The van der Waals surface area contributed by atoms with Crippen molar-refractivity contribution < 1.29 is 4.79 Å². The van der Waals surface area contributed by atoms with Crippen molar-refractivity contribution in [3.63, 3.8) is 0 Å². The van der Waals surface area contributed by atoms with Crippen molar-refractivity contribution >= 4 is 23.2 Å². The Bertz CT molecular complexity index is 467. The van der Waals surface area contributed by atoms with E-state index in [4.69, 9.17) is 17.3 Å². The molecule has 1 aromatic rings. The number of anilines is 1. The van der Waals surface area contributed by atoms with Crippen LogP contribution in [0.1, 0.15) is 44.1 Å². The van der Waals surface area contributed by atoms with Crippen molar-refractivity contribution in [3.05, 3.63) is 28.8 Å². The number of carbonyl (C=O) groups is 1. The van der Waals surface area contributed by atoms with Gasteiger partial charge in [-0.05, 0) is 37.5 Å². The van der Waals surface area contributed by atoms with E-state index < -0.39 is 0 Å². The Morgan fingerprint density at radius 1 is 1.37 bits per heavy atom. The monoisotopic (exact) mass is 280 g/mol. The van der Waals surface area contributed by atoms with Crippen LogP contribution in [-0.2, 0) is 4.79 Å². The van der Waals surface area contributed by atoms with Crippen LogP contribution < -0.4 is 11.1 Å². The van der Waals surface area contributed by atoms with Gasteiger partial charge in [0.05, 0.1) is 10.7 Å². The summed E-state index contributed by atoms with van der Waals surface area (Å²) >= 11 is 6.11. The molecule has 19 heavy (non-hydrogen) atoms. The fraction of sp³-hybridized carbons (Fsp3) is 0.533. The van der Waals surface area contributed by atoms with Gasteiger partial charge in [0, 0.05) is 12.0 Å². The average molecular weight is 281 g/mol. The highest BCUT2D eigenvalue weighted by Crippen LogP contribution is 2.29. The molecule has 1 fully saturated rings. The zero-order valence-electron chi connectivity index (χ0n) is 11.3. The number of carbonyl (C=O) groups excluding carboxylic acids is 1. The lowest BCUT2D eigenvalue weighted by molar-refractivity contribution is -0.117. The molecule has 0 bridgehead atoms. The van der Waals surface area contributed by atoms with E-state index in [0.717, 1.165) is 31.2 Å². The van der Waals surface area contributed by atoms with Crippen LogP contribution in [0.25, 0.3) is 0 Å². The predicted molar refractivity (Wildman–Crippen MR) is 79.4 cm³/mol. The first-order chi connectivity index (χ1) is 8.98. The number of amides is 1. The standard InChI is InChI=1S/C15H21ClN2O/c1-11-5-6-13(12(16)9-11)18-14(19)10-15(17)7-3-2-4-8-15/h5-6,9H,2-4,7-8,10,17H2,1H3,(H,18,19). The molecule has 0 aliphatic heterocycles. The first-order valence-corrected chi connectivity index (χ1v) is 7.21. The number of rotatable bonds is 3. The van der Waals surface area contributed by atoms with Gasteiger partial charge in [-0.1, -0.05) is 36.9 Å². The Morgan fingerprint density at radius 2 is 2.05 bits per heavy atom. The quantitative estimate of drug-likeness (QED) is 0.888. The molecule has 0 saturated heterocycles. The summed E-state index contributed by atoms with van der Waals surface area (Å²) in [6.07, 6.45) is 5.70. The van der Waals surface area contributed by atoms with Crippen molar-refractivity contribution in [3.8, 4) is 0 Å². The van der Waals surface area contributed by atoms with Crippen LogP contribution in [-0.4, -0.2) is 11.4 Å². The molecular weight excluding hydrogens is 260 g/mol. The summed E-state index contributed by atoms with van der Waals surface area (Å²) in [5, 5.41) is 3.43. The first kappa shape index (κ1) is 14.4. The fourth-order valence-corrected chi connectivity index (χ4v) is 2.95. The van der Waals surface area contributed by atoms with Crippen LogP contribution in [0, 0.1) is 6.92 Å². The van der Waals surface area contributed by atoms with Gasteiger partial charge in [-0.15, -0.1) is 0 Å². The summed E-state index contributed by atoms with van der Waals surface area (Å²) in [6.45, 7) is 1.97. The highest BCUT2D eigenvalue weighted by molar-refractivity contribution is 6.33. The Morgan fingerprint density at radius 3 is 2.68 bits per heavy atom. The van der Waals surface area contributed by atoms with Gasteiger partial charge in [0.2, 0.25) is 5.91 Å². The van der Waals surface area contributed by atoms with Crippen LogP contribution in [0.2, 0.25) is 5.02 Å². The second-order valence-electron chi connectivity index (χ2n) is 5.63. The first-order valence-electron chi connectivity index (χ1n) is 6.83. The molecule has 0 unspecified atom stereocenters. The highest BCUT2D eigenvalue weighted by atomic mass is 35.5. The topological polar surface area (TPSA) is 55.1 Å². The van der Waals surface area contributed by atoms with E-state index in [2.05, 4.69) is 5.32 Å². The lowest BCUT2D eigenvalue weighted by atomic mass is 9.80. The normalized spacial score (nSPS) is 18.1. The maximum atomic E-state index is 12.1. The van der Waals surface area contributed by atoms with Gasteiger partial charge in [-0.3, -0.25) is 4.79 Å². The van der Waals surface area contributed by atoms with Crippen molar-refractivity contribution in [1.29, 1.82) is 0 Å². The van der Waals surface area contributed by atoms with Gasteiger partial charge in [0.15, 0.2) is 0 Å². The summed E-state index contributed by atoms with van der Waals surface area (Å²) in [5.41, 5.74) is 7.69. The molecule has 1 aliphatic rings. The number of aryl methyl sites for hydroxylation is 1. The number of hydrogen-bond donors (Lipinski definition) is 2. The lowest BCUT2D eigenvalue weighted by Gasteiger charge is -2.32. The second-order valence-corrected chi connectivity index (χ2v) is 6.04. The third kappa shape index (κ3) is 3.95. The predicted octanol–water partition coefficient (Wildman–Crippen LogP) is 3.64. The van der Waals surface area contributed by atoms with Gasteiger partial charge in [0.25, 0.3) is 0 Å².